The Hall–Kier alpha value is -1.27. The third-order valence-corrected chi connectivity index (χ3v) is 2.76. The van der Waals surface area contributed by atoms with Gasteiger partial charge in [0.15, 0.2) is 0 Å². The van der Waals surface area contributed by atoms with Gasteiger partial charge in [-0.2, -0.15) is 5.26 Å². The van der Waals surface area contributed by atoms with Crippen molar-refractivity contribution in [3.63, 3.8) is 0 Å². The van der Waals surface area contributed by atoms with E-state index in [2.05, 4.69) is 22.0 Å². The van der Waals surface area contributed by atoms with Crippen molar-refractivity contribution in [3.8, 4) is 6.07 Å². The minimum absolute atomic E-state index is 0.671. The van der Waals surface area contributed by atoms with Crippen LogP contribution in [0.25, 0.3) is 0 Å². The molecule has 1 aromatic rings. The van der Waals surface area contributed by atoms with Gasteiger partial charge >= 0.3 is 0 Å². The first-order chi connectivity index (χ1) is 7.20. The molecule has 0 amide bonds. The van der Waals surface area contributed by atoms with Gasteiger partial charge in [0.2, 0.25) is 0 Å². The van der Waals surface area contributed by atoms with E-state index in [1.54, 1.807) is 0 Å². The van der Waals surface area contributed by atoms with Gasteiger partial charge in [0.05, 0.1) is 5.69 Å². The standard InChI is InChI=1S/C12H13BrN2/c1-3-6-10(9-14)15(2)12-8-5-4-7-11(12)13/h4-8H,3H2,1-2H3/b10-6+. The highest BCUT2D eigenvalue weighted by atomic mass is 79.9. The van der Waals surface area contributed by atoms with E-state index in [9.17, 15) is 0 Å². The summed E-state index contributed by atoms with van der Waals surface area (Å²) >= 11 is 3.47. The summed E-state index contributed by atoms with van der Waals surface area (Å²) in [5, 5.41) is 9.00. The second-order valence-corrected chi connectivity index (χ2v) is 3.97. The summed E-state index contributed by atoms with van der Waals surface area (Å²) < 4.78 is 0.991. The van der Waals surface area contributed by atoms with Gasteiger partial charge in [-0.05, 0) is 34.5 Å². The first-order valence-electron chi connectivity index (χ1n) is 4.79. The average molecular weight is 265 g/mol. The molecule has 1 aromatic carbocycles. The van der Waals surface area contributed by atoms with E-state index >= 15 is 0 Å². The van der Waals surface area contributed by atoms with E-state index in [0.29, 0.717) is 5.70 Å². The number of para-hydroxylation sites is 1. The minimum atomic E-state index is 0.671. The van der Waals surface area contributed by atoms with E-state index in [0.717, 1.165) is 16.6 Å². The van der Waals surface area contributed by atoms with Crippen molar-refractivity contribution >= 4 is 21.6 Å². The summed E-state index contributed by atoms with van der Waals surface area (Å²) in [6, 6.07) is 10.0. The smallest absolute Gasteiger partial charge is 0.117 e. The molecule has 1 rings (SSSR count). The van der Waals surface area contributed by atoms with Crippen LogP contribution in [0.3, 0.4) is 0 Å². The maximum atomic E-state index is 9.00. The maximum Gasteiger partial charge on any atom is 0.117 e. The van der Waals surface area contributed by atoms with Gasteiger partial charge in [-0.25, -0.2) is 0 Å². The Balaban J connectivity index is 3.04. The molecule has 0 fully saturated rings. The summed E-state index contributed by atoms with van der Waals surface area (Å²) in [5.74, 6) is 0. The number of hydrogen-bond donors (Lipinski definition) is 0. The lowest BCUT2D eigenvalue weighted by Crippen LogP contribution is -2.15. The van der Waals surface area contributed by atoms with Crippen LogP contribution in [0.1, 0.15) is 13.3 Å². The summed E-state index contributed by atoms with van der Waals surface area (Å²) in [7, 11) is 1.89. The molecule has 78 valence electrons. The molecule has 0 aromatic heterocycles. The number of nitrogens with zero attached hydrogens (tertiary/aromatic N) is 2. The zero-order valence-electron chi connectivity index (χ0n) is 8.87. The molecule has 0 atom stereocenters. The van der Waals surface area contributed by atoms with E-state index < -0.39 is 0 Å². The van der Waals surface area contributed by atoms with Gasteiger partial charge < -0.3 is 4.90 Å². The molecule has 0 heterocycles. The van der Waals surface area contributed by atoms with Crippen LogP contribution in [-0.2, 0) is 0 Å². The van der Waals surface area contributed by atoms with Crippen molar-refractivity contribution in [2.24, 2.45) is 0 Å². The highest BCUT2D eigenvalue weighted by Crippen LogP contribution is 2.26. The van der Waals surface area contributed by atoms with Gasteiger partial charge in [-0.3, -0.25) is 0 Å². The largest absolute Gasteiger partial charge is 0.335 e. The van der Waals surface area contributed by atoms with Crippen LogP contribution in [0.5, 0.6) is 0 Å². The molecule has 0 N–H and O–H groups in total. The van der Waals surface area contributed by atoms with Crippen LogP contribution in [0, 0.1) is 11.3 Å². The molecule has 0 unspecified atom stereocenters. The third-order valence-electron chi connectivity index (χ3n) is 2.09. The summed E-state index contributed by atoms with van der Waals surface area (Å²) in [5.41, 5.74) is 1.67. The van der Waals surface area contributed by atoms with Gasteiger partial charge in [-0.1, -0.05) is 25.1 Å². The molecule has 3 heteroatoms. The number of allylic oxidation sites excluding steroid dienone is 2. The fraction of sp³-hybridized carbons (Fsp3) is 0.250. The van der Waals surface area contributed by atoms with Crippen molar-refractivity contribution < 1.29 is 0 Å². The lowest BCUT2D eigenvalue weighted by molar-refractivity contribution is 1.09. The Bertz CT molecular complexity index is 404. The van der Waals surface area contributed by atoms with Crippen molar-refractivity contribution in [1.29, 1.82) is 5.26 Å². The van der Waals surface area contributed by atoms with Crippen LogP contribution >= 0.6 is 15.9 Å². The third kappa shape index (κ3) is 2.84. The Morgan fingerprint density at radius 1 is 1.53 bits per heavy atom. The Labute approximate surface area is 99.0 Å². The van der Waals surface area contributed by atoms with Crippen LogP contribution < -0.4 is 4.90 Å². The van der Waals surface area contributed by atoms with Crippen molar-refractivity contribution in [2.75, 3.05) is 11.9 Å². The predicted molar refractivity (Wildman–Crippen MR) is 66.5 cm³/mol. The number of benzene rings is 1. The molecule has 2 nitrogen and oxygen atoms in total. The SMILES string of the molecule is CC/C=C(\C#N)N(C)c1ccccc1Br. The first-order valence-corrected chi connectivity index (χ1v) is 5.58. The van der Waals surface area contributed by atoms with Gasteiger partial charge in [0, 0.05) is 11.5 Å². The van der Waals surface area contributed by atoms with E-state index in [1.807, 2.05) is 49.2 Å². The van der Waals surface area contributed by atoms with E-state index in [1.165, 1.54) is 0 Å². The summed E-state index contributed by atoms with van der Waals surface area (Å²) in [6.07, 6.45) is 2.77. The average Bonchev–Trinajstić information content (AvgIpc) is 2.25. The molecule has 0 saturated heterocycles. The fourth-order valence-corrected chi connectivity index (χ4v) is 1.86. The number of hydrogen-bond acceptors (Lipinski definition) is 2. The quantitative estimate of drug-likeness (QED) is 0.779. The second-order valence-electron chi connectivity index (χ2n) is 3.12. The first kappa shape index (κ1) is 11.8. The Morgan fingerprint density at radius 3 is 2.73 bits per heavy atom. The van der Waals surface area contributed by atoms with Crippen molar-refractivity contribution in [2.45, 2.75) is 13.3 Å². The highest BCUT2D eigenvalue weighted by Gasteiger charge is 2.08. The van der Waals surface area contributed by atoms with Crippen LogP contribution in [-0.4, -0.2) is 7.05 Å². The minimum Gasteiger partial charge on any atom is -0.335 e. The van der Waals surface area contributed by atoms with Crippen molar-refractivity contribution in [3.05, 3.63) is 40.5 Å². The molecular weight excluding hydrogens is 252 g/mol. The molecule has 0 spiro atoms. The molecule has 0 saturated carbocycles. The number of anilines is 1. The van der Waals surface area contributed by atoms with Gasteiger partial charge in [0.1, 0.15) is 11.8 Å². The number of nitriles is 1. The van der Waals surface area contributed by atoms with E-state index in [-0.39, 0.29) is 0 Å². The topological polar surface area (TPSA) is 27.0 Å². The Morgan fingerprint density at radius 2 is 2.20 bits per heavy atom. The van der Waals surface area contributed by atoms with Gasteiger partial charge in [-0.15, -0.1) is 0 Å². The molecule has 0 bridgehead atoms. The monoisotopic (exact) mass is 264 g/mol. The maximum absolute atomic E-state index is 9.00. The Kier molecular flexibility index (Phi) is 4.38. The van der Waals surface area contributed by atoms with E-state index in [4.69, 9.17) is 5.26 Å². The fourth-order valence-electron chi connectivity index (χ4n) is 1.30. The summed E-state index contributed by atoms with van der Waals surface area (Å²) in [6.45, 7) is 2.02. The molecule has 0 aliphatic heterocycles. The predicted octanol–water partition coefficient (Wildman–Crippen LogP) is 3.70. The van der Waals surface area contributed by atoms with Crippen LogP contribution in [0.2, 0.25) is 0 Å². The number of rotatable bonds is 3. The molecule has 0 radical (unpaired) electrons. The zero-order chi connectivity index (χ0) is 11.3. The molecule has 0 aliphatic rings. The van der Waals surface area contributed by atoms with Crippen molar-refractivity contribution in [1.82, 2.24) is 0 Å². The number of halogens is 1. The lowest BCUT2D eigenvalue weighted by atomic mass is 10.2. The van der Waals surface area contributed by atoms with Crippen LogP contribution in [0.4, 0.5) is 5.69 Å². The zero-order valence-corrected chi connectivity index (χ0v) is 10.5. The summed E-state index contributed by atoms with van der Waals surface area (Å²) in [4.78, 5) is 1.88. The second kappa shape index (κ2) is 5.57. The molecular formula is C12H13BrN2. The lowest BCUT2D eigenvalue weighted by Gasteiger charge is -2.19. The normalized spacial score (nSPS) is 10.9. The highest BCUT2D eigenvalue weighted by molar-refractivity contribution is 9.10. The molecule has 0 aliphatic carbocycles. The molecule has 15 heavy (non-hydrogen) atoms. The van der Waals surface area contributed by atoms with Gasteiger partial charge in [0.25, 0.3) is 0 Å². The van der Waals surface area contributed by atoms with Crippen LogP contribution in [0.15, 0.2) is 40.5 Å².